The van der Waals surface area contributed by atoms with Crippen molar-refractivity contribution in [1.29, 1.82) is 0 Å². The predicted molar refractivity (Wildman–Crippen MR) is 179 cm³/mol. The van der Waals surface area contributed by atoms with Gasteiger partial charge in [-0.05, 0) is 101 Å². The largest absolute Gasteiger partial charge is 0.469 e. The first-order valence-electron chi connectivity index (χ1n) is 15.9. The summed E-state index contributed by atoms with van der Waals surface area (Å²) >= 11 is 6.56. The standard InChI is InChI=1S/C37H49ClO8/c1-6-7-13-24-45-32(39)17-12-9-14-25-46-33(40)30-21-18-28(19-22-30)20-23-31(29-15-10-8-11-16-29)26-36(2,34(41)43-4)27-37(3,38)35(42)44-5/h6,8,10-11,15-16,18-19,21-22,31H,1,7,9,12-14,17,20,23-27H2,2-5H3. The number of hydrogen-bond acceptors (Lipinski definition) is 8. The number of rotatable bonds is 21. The summed E-state index contributed by atoms with van der Waals surface area (Å²) in [6.07, 6.45) is 7.73. The lowest BCUT2D eigenvalue weighted by Crippen LogP contribution is -2.42. The fourth-order valence-corrected chi connectivity index (χ4v) is 5.95. The van der Waals surface area contributed by atoms with E-state index in [1.54, 1.807) is 32.1 Å². The van der Waals surface area contributed by atoms with Crippen molar-refractivity contribution < 1.29 is 38.1 Å². The Morgan fingerprint density at radius 3 is 2.13 bits per heavy atom. The minimum absolute atomic E-state index is 0.0424. The molecule has 0 saturated heterocycles. The second-order valence-corrected chi connectivity index (χ2v) is 12.9. The van der Waals surface area contributed by atoms with Crippen LogP contribution in [0.3, 0.4) is 0 Å². The number of unbranched alkanes of at least 4 members (excludes halogenated alkanes) is 3. The number of carbonyl (C=O) groups excluding carboxylic acids is 4. The second-order valence-electron chi connectivity index (χ2n) is 12.1. The molecule has 0 aliphatic carbocycles. The van der Waals surface area contributed by atoms with E-state index in [1.807, 2.05) is 42.5 Å². The van der Waals surface area contributed by atoms with E-state index >= 15 is 0 Å². The van der Waals surface area contributed by atoms with E-state index in [-0.39, 0.29) is 30.9 Å². The molecule has 8 nitrogen and oxygen atoms in total. The molecule has 0 aliphatic heterocycles. The van der Waals surface area contributed by atoms with Crippen molar-refractivity contribution in [2.45, 2.75) is 88.8 Å². The number of ether oxygens (including phenoxy) is 4. The van der Waals surface area contributed by atoms with E-state index in [4.69, 9.17) is 30.5 Å². The number of methoxy groups -OCH3 is 2. The molecule has 0 heterocycles. The highest BCUT2D eigenvalue weighted by Gasteiger charge is 2.46. The summed E-state index contributed by atoms with van der Waals surface area (Å²) in [4.78, 5) is 48.3. The summed E-state index contributed by atoms with van der Waals surface area (Å²) in [5.74, 6) is -1.68. The molecule has 2 aromatic carbocycles. The predicted octanol–water partition coefficient (Wildman–Crippen LogP) is 7.76. The molecule has 3 unspecified atom stereocenters. The van der Waals surface area contributed by atoms with Crippen LogP contribution in [0.5, 0.6) is 0 Å². The van der Waals surface area contributed by atoms with E-state index in [2.05, 4.69) is 6.58 Å². The fourth-order valence-electron chi connectivity index (χ4n) is 5.58. The van der Waals surface area contributed by atoms with Gasteiger partial charge in [-0.15, -0.1) is 18.2 Å². The Morgan fingerprint density at radius 2 is 1.50 bits per heavy atom. The third-order valence-corrected chi connectivity index (χ3v) is 8.31. The van der Waals surface area contributed by atoms with Gasteiger partial charge in [0.1, 0.15) is 4.87 Å². The Hall–Kier alpha value is -3.65. The summed E-state index contributed by atoms with van der Waals surface area (Å²) in [6, 6.07) is 17.2. The minimum atomic E-state index is -1.40. The molecule has 2 rings (SSSR count). The van der Waals surface area contributed by atoms with Gasteiger partial charge in [-0.25, -0.2) is 4.79 Å². The average Bonchev–Trinajstić information content (AvgIpc) is 3.06. The van der Waals surface area contributed by atoms with Crippen LogP contribution in [-0.4, -0.2) is 56.2 Å². The molecular weight excluding hydrogens is 608 g/mol. The van der Waals surface area contributed by atoms with Crippen LogP contribution in [0, 0.1) is 5.41 Å². The molecule has 0 aliphatic rings. The van der Waals surface area contributed by atoms with Crippen molar-refractivity contribution in [3.05, 3.63) is 83.9 Å². The lowest BCUT2D eigenvalue weighted by atomic mass is 9.72. The van der Waals surface area contributed by atoms with E-state index in [0.29, 0.717) is 50.7 Å². The van der Waals surface area contributed by atoms with Gasteiger partial charge < -0.3 is 18.9 Å². The van der Waals surface area contributed by atoms with Crippen LogP contribution < -0.4 is 0 Å². The topological polar surface area (TPSA) is 105 Å². The lowest BCUT2D eigenvalue weighted by molar-refractivity contribution is -0.155. The fraction of sp³-hybridized carbons (Fsp3) is 0.514. The number of aryl methyl sites for hydroxylation is 1. The maximum absolute atomic E-state index is 13.1. The summed E-state index contributed by atoms with van der Waals surface area (Å²) in [6.45, 7) is 7.67. The monoisotopic (exact) mass is 656 g/mol. The molecule has 0 radical (unpaired) electrons. The zero-order valence-corrected chi connectivity index (χ0v) is 28.4. The molecule has 46 heavy (non-hydrogen) atoms. The van der Waals surface area contributed by atoms with Crippen LogP contribution in [-0.2, 0) is 39.8 Å². The Bertz CT molecular complexity index is 1260. The highest BCUT2D eigenvalue weighted by atomic mass is 35.5. The Kier molecular flexibility index (Phi) is 16.6. The molecule has 252 valence electrons. The number of benzene rings is 2. The van der Waals surface area contributed by atoms with Gasteiger partial charge >= 0.3 is 23.9 Å². The van der Waals surface area contributed by atoms with Crippen molar-refractivity contribution in [2.75, 3.05) is 27.4 Å². The lowest BCUT2D eigenvalue weighted by Gasteiger charge is -2.35. The van der Waals surface area contributed by atoms with Gasteiger partial charge in [0, 0.05) is 6.42 Å². The molecule has 0 aromatic heterocycles. The average molecular weight is 657 g/mol. The normalized spacial score (nSPS) is 14.2. The van der Waals surface area contributed by atoms with Gasteiger partial charge in [0.2, 0.25) is 0 Å². The van der Waals surface area contributed by atoms with Gasteiger partial charge in [0.15, 0.2) is 0 Å². The summed E-state index contributed by atoms with van der Waals surface area (Å²) in [5, 5.41) is 0. The SMILES string of the molecule is C=CCCCOC(=O)CCCCCOC(=O)c1ccc(CCC(CC(C)(CC(C)(Cl)C(=O)OC)C(=O)OC)c2ccccc2)cc1. The first-order chi connectivity index (χ1) is 22.0. The van der Waals surface area contributed by atoms with Gasteiger partial charge in [-0.3, -0.25) is 14.4 Å². The number of esters is 4. The molecule has 0 bridgehead atoms. The van der Waals surface area contributed by atoms with E-state index in [1.165, 1.54) is 14.2 Å². The van der Waals surface area contributed by atoms with Crippen LogP contribution in [0.1, 0.15) is 99.0 Å². The summed E-state index contributed by atoms with van der Waals surface area (Å²) < 4.78 is 20.6. The van der Waals surface area contributed by atoms with Crippen LogP contribution in [0.15, 0.2) is 67.3 Å². The van der Waals surface area contributed by atoms with Crippen molar-refractivity contribution >= 4 is 35.5 Å². The molecule has 0 fully saturated rings. The van der Waals surface area contributed by atoms with Gasteiger partial charge in [0.25, 0.3) is 0 Å². The van der Waals surface area contributed by atoms with Crippen LogP contribution in [0.2, 0.25) is 0 Å². The van der Waals surface area contributed by atoms with E-state index in [9.17, 15) is 19.2 Å². The Morgan fingerprint density at radius 1 is 0.848 bits per heavy atom. The number of hydrogen-bond donors (Lipinski definition) is 0. The molecule has 0 saturated carbocycles. The third-order valence-electron chi connectivity index (χ3n) is 8.02. The Labute approximate surface area is 278 Å². The first-order valence-corrected chi connectivity index (χ1v) is 16.3. The number of halogens is 1. The highest BCUT2D eigenvalue weighted by molar-refractivity contribution is 6.33. The van der Waals surface area contributed by atoms with Crippen LogP contribution in [0.25, 0.3) is 0 Å². The van der Waals surface area contributed by atoms with Crippen LogP contribution in [0.4, 0.5) is 0 Å². The molecule has 0 amide bonds. The van der Waals surface area contributed by atoms with Gasteiger partial charge in [-0.2, -0.15) is 0 Å². The van der Waals surface area contributed by atoms with E-state index < -0.39 is 22.2 Å². The number of allylic oxidation sites excluding steroid dienone is 1. The third kappa shape index (κ3) is 13.0. The quantitative estimate of drug-likeness (QED) is 0.0441. The van der Waals surface area contributed by atoms with Crippen molar-refractivity contribution in [2.24, 2.45) is 5.41 Å². The molecule has 9 heteroatoms. The smallest absolute Gasteiger partial charge is 0.338 e. The van der Waals surface area contributed by atoms with Crippen LogP contribution >= 0.6 is 11.6 Å². The maximum atomic E-state index is 13.1. The molecule has 0 N–H and O–H groups in total. The summed E-state index contributed by atoms with van der Waals surface area (Å²) in [7, 11) is 2.61. The molecule has 0 spiro atoms. The molecular formula is C37H49ClO8. The second kappa shape index (κ2) is 19.8. The summed E-state index contributed by atoms with van der Waals surface area (Å²) in [5.41, 5.74) is 1.51. The molecule has 3 atom stereocenters. The van der Waals surface area contributed by atoms with Gasteiger partial charge in [-0.1, -0.05) is 48.5 Å². The van der Waals surface area contributed by atoms with Crippen molar-refractivity contribution in [3.63, 3.8) is 0 Å². The number of alkyl halides is 1. The highest BCUT2D eigenvalue weighted by Crippen LogP contribution is 2.43. The van der Waals surface area contributed by atoms with E-state index in [0.717, 1.165) is 30.4 Å². The first kappa shape index (κ1) is 38.5. The minimum Gasteiger partial charge on any atom is -0.469 e. The zero-order valence-electron chi connectivity index (χ0n) is 27.7. The zero-order chi connectivity index (χ0) is 34.0. The van der Waals surface area contributed by atoms with Crippen molar-refractivity contribution in [3.8, 4) is 0 Å². The van der Waals surface area contributed by atoms with Gasteiger partial charge in [0.05, 0.1) is 38.4 Å². The maximum Gasteiger partial charge on any atom is 0.338 e. The Balaban J connectivity index is 1.95. The number of carbonyl (C=O) groups is 4. The van der Waals surface area contributed by atoms with Crippen molar-refractivity contribution in [1.82, 2.24) is 0 Å². The molecule has 2 aromatic rings.